The number of benzene rings is 1. The molecule has 10 heteroatoms. The molecule has 3 rings (SSSR count). The van der Waals surface area contributed by atoms with Gasteiger partial charge in [0.2, 0.25) is 5.95 Å². The van der Waals surface area contributed by atoms with E-state index in [4.69, 9.17) is 11.5 Å². The minimum Gasteiger partial charge on any atom is -0.364 e. The predicted molar refractivity (Wildman–Crippen MR) is 102 cm³/mol. The van der Waals surface area contributed by atoms with Gasteiger partial charge in [0.25, 0.3) is 11.8 Å². The summed E-state index contributed by atoms with van der Waals surface area (Å²) in [5.41, 5.74) is 13.7. The largest absolute Gasteiger partial charge is 0.364 e. The number of nitrogens with two attached hydrogens (primary N) is 2. The molecule has 6 N–H and O–H groups in total. The number of alkyl halides is 2. The highest BCUT2D eigenvalue weighted by atomic mass is 19.3. The van der Waals surface area contributed by atoms with Crippen LogP contribution >= 0.6 is 0 Å². The van der Waals surface area contributed by atoms with E-state index >= 15 is 0 Å². The second kappa shape index (κ2) is 7.63. The Balaban J connectivity index is 1.87. The van der Waals surface area contributed by atoms with Crippen LogP contribution in [0.5, 0.6) is 0 Å². The van der Waals surface area contributed by atoms with Crippen LogP contribution in [-0.2, 0) is 0 Å². The van der Waals surface area contributed by atoms with Crippen LogP contribution in [0, 0.1) is 13.8 Å². The topological polar surface area (TPSA) is 132 Å². The van der Waals surface area contributed by atoms with Crippen LogP contribution in [0.1, 0.15) is 40.9 Å². The van der Waals surface area contributed by atoms with Gasteiger partial charge in [0, 0.05) is 12.1 Å². The van der Waals surface area contributed by atoms with E-state index < -0.39 is 23.9 Å². The lowest BCUT2D eigenvalue weighted by atomic mass is 9.87. The molecule has 28 heavy (non-hydrogen) atoms. The molecule has 0 aliphatic heterocycles. The minimum absolute atomic E-state index is 0.00511. The van der Waals surface area contributed by atoms with E-state index in [0.29, 0.717) is 18.5 Å². The molecule has 1 aromatic carbocycles. The molecule has 150 valence electrons. The number of carbonyl (C=O) groups is 1. The predicted octanol–water partition coefficient (Wildman–Crippen LogP) is 2.26. The lowest BCUT2D eigenvalue weighted by molar-refractivity contribution is -0.0555. The van der Waals surface area contributed by atoms with Crippen LogP contribution in [0.4, 0.5) is 26.2 Å². The fourth-order valence-electron chi connectivity index (χ4n) is 3.12. The van der Waals surface area contributed by atoms with Crippen molar-refractivity contribution >= 4 is 23.4 Å². The fraction of sp³-hybridized carbons (Fsp3) is 0.444. The van der Waals surface area contributed by atoms with E-state index in [1.165, 1.54) is 0 Å². The maximum Gasteiger partial charge on any atom is 0.273 e. The molecular weight excluding hydrogens is 368 g/mol. The van der Waals surface area contributed by atoms with Crippen LogP contribution in [0.3, 0.4) is 0 Å². The lowest BCUT2D eigenvalue weighted by Crippen LogP contribution is -2.55. The molecule has 1 aliphatic rings. The van der Waals surface area contributed by atoms with Gasteiger partial charge in [-0.15, -0.1) is 10.2 Å². The van der Waals surface area contributed by atoms with Crippen molar-refractivity contribution in [2.45, 2.75) is 51.1 Å². The molecule has 0 spiro atoms. The molecule has 0 bridgehead atoms. The molecule has 1 aromatic heterocycles. The second-order valence-electron chi connectivity index (χ2n) is 7.05. The third kappa shape index (κ3) is 4.16. The van der Waals surface area contributed by atoms with E-state index in [9.17, 15) is 13.6 Å². The number of aryl methyl sites for hydroxylation is 2. The molecule has 0 saturated heterocycles. The number of hydrogen-bond acceptors (Lipinski definition) is 7. The van der Waals surface area contributed by atoms with Gasteiger partial charge in [0.05, 0.1) is 12.1 Å². The van der Waals surface area contributed by atoms with Crippen LogP contribution in [0.25, 0.3) is 0 Å². The van der Waals surface area contributed by atoms with E-state index in [-0.39, 0.29) is 23.9 Å². The molecular formula is C18H23F2N7O. The Morgan fingerprint density at radius 2 is 2.00 bits per heavy atom. The monoisotopic (exact) mass is 391 g/mol. The number of nitrogens with one attached hydrogen (secondary N) is 2. The average molecular weight is 391 g/mol. The Morgan fingerprint density at radius 1 is 1.25 bits per heavy atom. The molecule has 2 atom stereocenters. The smallest absolute Gasteiger partial charge is 0.273 e. The number of amides is 1. The van der Waals surface area contributed by atoms with Gasteiger partial charge in [-0.1, -0.05) is 6.07 Å². The van der Waals surface area contributed by atoms with Gasteiger partial charge in [-0.3, -0.25) is 4.79 Å². The van der Waals surface area contributed by atoms with Crippen molar-refractivity contribution in [1.82, 2.24) is 15.2 Å². The standard InChI is InChI=1S/C18H23F2N7O/c1-9-5-6-11(8-10(9)2)23-16-13(15(22)28)26-27-17(25-16)24-12-4-3-7-18(19,20)14(12)21/h5-6,8,12,14H,3-4,7,21H2,1-2H3,(H2,22,28)(H2,23,24,25,27)/t12-,14-/m1/s1. The number of halogens is 2. The zero-order chi connectivity index (χ0) is 20.5. The van der Waals surface area contributed by atoms with Crippen LogP contribution < -0.4 is 22.1 Å². The molecule has 1 heterocycles. The van der Waals surface area contributed by atoms with E-state index in [1.807, 2.05) is 32.0 Å². The van der Waals surface area contributed by atoms with Gasteiger partial charge in [-0.2, -0.15) is 4.98 Å². The molecule has 0 radical (unpaired) electrons. The minimum atomic E-state index is -2.96. The normalized spacial score (nSPS) is 21.2. The first-order valence-corrected chi connectivity index (χ1v) is 8.96. The van der Waals surface area contributed by atoms with Crippen molar-refractivity contribution in [3.63, 3.8) is 0 Å². The summed E-state index contributed by atoms with van der Waals surface area (Å²) in [6.07, 6.45) is 0.544. The first kappa shape index (κ1) is 19.9. The van der Waals surface area contributed by atoms with Crippen molar-refractivity contribution in [2.24, 2.45) is 11.5 Å². The van der Waals surface area contributed by atoms with Crippen molar-refractivity contribution in [1.29, 1.82) is 0 Å². The molecule has 0 unspecified atom stereocenters. The van der Waals surface area contributed by atoms with Gasteiger partial charge in [-0.05, 0) is 49.9 Å². The van der Waals surface area contributed by atoms with Crippen molar-refractivity contribution in [3.05, 3.63) is 35.0 Å². The van der Waals surface area contributed by atoms with Gasteiger partial charge >= 0.3 is 0 Å². The number of nitrogens with zero attached hydrogens (tertiary/aromatic N) is 3. The molecule has 8 nitrogen and oxygen atoms in total. The molecule has 1 aliphatic carbocycles. The van der Waals surface area contributed by atoms with Crippen LogP contribution in [-0.4, -0.2) is 39.1 Å². The number of primary amides is 1. The Labute approximate surface area is 161 Å². The Morgan fingerprint density at radius 3 is 2.68 bits per heavy atom. The summed E-state index contributed by atoms with van der Waals surface area (Å²) in [5, 5.41) is 13.4. The highest BCUT2D eigenvalue weighted by molar-refractivity contribution is 5.96. The van der Waals surface area contributed by atoms with Gasteiger partial charge in [0.1, 0.15) is 0 Å². The Hall–Kier alpha value is -2.88. The van der Waals surface area contributed by atoms with Crippen molar-refractivity contribution in [2.75, 3.05) is 10.6 Å². The summed E-state index contributed by atoms with van der Waals surface area (Å²) in [7, 11) is 0. The summed E-state index contributed by atoms with van der Waals surface area (Å²) in [5.74, 6) is -3.69. The zero-order valence-corrected chi connectivity index (χ0v) is 15.7. The van der Waals surface area contributed by atoms with E-state index in [2.05, 4.69) is 25.8 Å². The Kier molecular flexibility index (Phi) is 5.41. The highest BCUT2D eigenvalue weighted by Gasteiger charge is 2.45. The summed E-state index contributed by atoms with van der Waals surface area (Å²) >= 11 is 0. The number of aromatic nitrogens is 3. The number of anilines is 3. The third-order valence-corrected chi connectivity index (χ3v) is 4.95. The highest BCUT2D eigenvalue weighted by Crippen LogP contribution is 2.33. The first-order chi connectivity index (χ1) is 13.2. The molecule has 1 saturated carbocycles. The SMILES string of the molecule is Cc1ccc(Nc2nc(N[C@@H]3CCCC(F)(F)[C@@H]3N)nnc2C(N)=O)cc1C. The molecule has 1 fully saturated rings. The maximum absolute atomic E-state index is 13.9. The van der Waals surface area contributed by atoms with Gasteiger partial charge < -0.3 is 22.1 Å². The van der Waals surface area contributed by atoms with Gasteiger partial charge in [-0.25, -0.2) is 8.78 Å². The summed E-state index contributed by atoms with van der Waals surface area (Å²) < 4.78 is 27.7. The number of carbonyl (C=O) groups excluding carboxylic acids is 1. The third-order valence-electron chi connectivity index (χ3n) is 4.95. The quantitative estimate of drug-likeness (QED) is 0.614. The maximum atomic E-state index is 13.9. The van der Waals surface area contributed by atoms with Crippen LogP contribution in [0.2, 0.25) is 0 Å². The fourth-order valence-corrected chi connectivity index (χ4v) is 3.12. The second-order valence-corrected chi connectivity index (χ2v) is 7.05. The van der Waals surface area contributed by atoms with E-state index in [1.54, 1.807) is 0 Å². The first-order valence-electron chi connectivity index (χ1n) is 8.96. The van der Waals surface area contributed by atoms with Gasteiger partial charge in [0.15, 0.2) is 11.5 Å². The molecule has 1 amide bonds. The number of rotatable bonds is 5. The molecule has 2 aromatic rings. The average Bonchev–Trinajstić information content (AvgIpc) is 2.62. The number of hydrogen-bond donors (Lipinski definition) is 4. The Bertz CT molecular complexity index is 890. The lowest BCUT2D eigenvalue weighted by Gasteiger charge is -2.35. The summed E-state index contributed by atoms with van der Waals surface area (Å²) in [6, 6.07) is 3.54. The summed E-state index contributed by atoms with van der Waals surface area (Å²) in [4.78, 5) is 15.9. The van der Waals surface area contributed by atoms with Crippen molar-refractivity contribution < 1.29 is 13.6 Å². The summed E-state index contributed by atoms with van der Waals surface area (Å²) in [6.45, 7) is 3.93. The van der Waals surface area contributed by atoms with Crippen molar-refractivity contribution in [3.8, 4) is 0 Å². The zero-order valence-electron chi connectivity index (χ0n) is 15.7. The van der Waals surface area contributed by atoms with E-state index in [0.717, 1.165) is 11.1 Å². The van der Waals surface area contributed by atoms with Crippen LogP contribution in [0.15, 0.2) is 18.2 Å².